The number of rotatable bonds is 2. The molecule has 5 nitrogen and oxygen atoms in total. The Morgan fingerprint density at radius 2 is 1.75 bits per heavy atom. The molecule has 20 heavy (non-hydrogen) atoms. The number of hydrogen-bond acceptors (Lipinski definition) is 5. The standard InChI is InChI=1S/C14H9FN2O3/c15-9-3-6-12(19)11(7-9)14-16-13(17-20-14)8-1-4-10(18)5-2-8/h1-7,18-19H. The van der Waals surface area contributed by atoms with Crippen molar-refractivity contribution < 1.29 is 19.1 Å². The van der Waals surface area contributed by atoms with Crippen LogP contribution in [-0.2, 0) is 0 Å². The molecule has 0 aliphatic carbocycles. The van der Waals surface area contributed by atoms with Crippen LogP contribution in [0.15, 0.2) is 47.0 Å². The first-order valence-electron chi connectivity index (χ1n) is 5.75. The lowest BCUT2D eigenvalue weighted by molar-refractivity contribution is 0.425. The van der Waals surface area contributed by atoms with Gasteiger partial charge in [0.25, 0.3) is 5.89 Å². The number of halogens is 1. The smallest absolute Gasteiger partial charge is 0.262 e. The van der Waals surface area contributed by atoms with Gasteiger partial charge in [0.1, 0.15) is 17.3 Å². The Hall–Kier alpha value is -2.89. The third-order valence-electron chi connectivity index (χ3n) is 2.74. The molecule has 0 aliphatic rings. The van der Waals surface area contributed by atoms with Gasteiger partial charge in [-0.2, -0.15) is 4.98 Å². The second-order valence-corrected chi connectivity index (χ2v) is 4.13. The van der Waals surface area contributed by atoms with E-state index in [-0.39, 0.29) is 28.8 Å². The predicted molar refractivity (Wildman–Crippen MR) is 68.5 cm³/mol. The van der Waals surface area contributed by atoms with E-state index >= 15 is 0 Å². The summed E-state index contributed by atoms with van der Waals surface area (Å²) < 4.78 is 18.2. The van der Waals surface area contributed by atoms with Gasteiger partial charge in [-0.25, -0.2) is 4.39 Å². The largest absolute Gasteiger partial charge is 0.508 e. The van der Waals surface area contributed by atoms with Gasteiger partial charge in [0, 0.05) is 5.56 Å². The van der Waals surface area contributed by atoms with Gasteiger partial charge in [-0.15, -0.1) is 0 Å². The molecule has 0 fully saturated rings. The molecule has 2 N–H and O–H groups in total. The van der Waals surface area contributed by atoms with E-state index < -0.39 is 5.82 Å². The molecule has 3 rings (SSSR count). The number of hydrogen-bond donors (Lipinski definition) is 2. The Bertz CT molecular complexity index is 753. The summed E-state index contributed by atoms with van der Waals surface area (Å²) in [4.78, 5) is 4.10. The average Bonchev–Trinajstić information content (AvgIpc) is 2.92. The fourth-order valence-electron chi connectivity index (χ4n) is 1.74. The summed E-state index contributed by atoms with van der Waals surface area (Å²) in [5, 5.41) is 22.7. The molecule has 0 spiro atoms. The first kappa shape index (κ1) is 12.2. The lowest BCUT2D eigenvalue weighted by Crippen LogP contribution is -1.83. The summed E-state index contributed by atoms with van der Waals surface area (Å²) in [5.41, 5.74) is 0.760. The van der Waals surface area contributed by atoms with Crippen molar-refractivity contribution in [1.82, 2.24) is 10.1 Å². The quantitative estimate of drug-likeness (QED) is 0.749. The minimum Gasteiger partial charge on any atom is -0.508 e. The van der Waals surface area contributed by atoms with Crippen molar-refractivity contribution in [2.75, 3.05) is 0 Å². The van der Waals surface area contributed by atoms with Crippen LogP contribution >= 0.6 is 0 Å². The molecular weight excluding hydrogens is 263 g/mol. The SMILES string of the molecule is Oc1ccc(-c2noc(-c3cc(F)ccc3O)n2)cc1. The lowest BCUT2D eigenvalue weighted by Gasteiger charge is -1.98. The van der Waals surface area contributed by atoms with Crippen molar-refractivity contribution in [3.05, 3.63) is 48.3 Å². The summed E-state index contributed by atoms with van der Waals surface area (Å²) in [7, 11) is 0. The molecule has 0 bridgehead atoms. The van der Waals surface area contributed by atoms with Gasteiger partial charge in [-0.1, -0.05) is 5.16 Å². The Balaban J connectivity index is 2.01. The molecule has 6 heteroatoms. The van der Waals surface area contributed by atoms with Crippen LogP contribution in [0.5, 0.6) is 11.5 Å². The van der Waals surface area contributed by atoms with Crippen molar-refractivity contribution in [2.24, 2.45) is 0 Å². The fourth-order valence-corrected chi connectivity index (χ4v) is 1.74. The Labute approximate surface area is 112 Å². The van der Waals surface area contributed by atoms with Crippen LogP contribution in [0.3, 0.4) is 0 Å². The van der Waals surface area contributed by atoms with E-state index in [4.69, 9.17) is 4.52 Å². The first-order valence-corrected chi connectivity index (χ1v) is 5.75. The van der Waals surface area contributed by atoms with Crippen molar-refractivity contribution in [3.63, 3.8) is 0 Å². The normalized spacial score (nSPS) is 10.7. The molecule has 0 saturated heterocycles. The van der Waals surface area contributed by atoms with Gasteiger partial charge in [0.15, 0.2) is 0 Å². The lowest BCUT2D eigenvalue weighted by atomic mass is 10.2. The third-order valence-corrected chi connectivity index (χ3v) is 2.74. The minimum absolute atomic E-state index is 0.0186. The summed E-state index contributed by atoms with van der Waals surface area (Å²) in [6.45, 7) is 0. The van der Waals surface area contributed by atoms with E-state index in [2.05, 4.69) is 10.1 Å². The van der Waals surface area contributed by atoms with Crippen LogP contribution in [0.25, 0.3) is 22.8 Å². The predicted octanol–water partition coefficient (Wildman–Crippen LogP) is 2.95. The summed E-state index contributed by atoms with van der Waals surface area (Å²) in [6.07, 6.45) is 0. The molecule has 0 aliphatic heterocycles. The molecule has 0 amide bonds. The Morgan fingerprint density at radius 3 is 2.50 bits per heavy atom. The van der Waals surface area contributed by atoms with Gasteiger partial charge < -0.3 is 14.7 Å². The van der Waals surface area contributed by atoms with Crippen LogP contribution < -0.4 is 0 Å². The van der Waals surface area contributed by atoms with Crippen molar-refractivity contribution in [2.45, 2.75) is 0 Å². The third kappa shape index (κ3) is 2.18. The molecule has 0 unspecified atom stereocenters. The molecule has 3 aromatic rings. The van der Waals surface area contributed by atoms with Crippen molar-refractivity contribution >= 4 is 0 Å². The number of phenols is 2. The first-order chi connectivity index (χ1) is 9.63. The molecule has 1 aromatic heterocycles. The van der Waals surface area contributed by atoms with E-state index in [9.17, 15) is 14.6 Å². The number of nitrogens with zero attached hydrogens (tertiary/aromatic N) is 2. The van der Waals surface area contributed by atoms with E-state index in [1.807, 2.05) is 0 Å². The zero-order valence-electron chi connectivity index (χ0n) is 10.1. The molecule has 0 atom stereocenters. The van der Waals surface area contributed by atoms with Crippen LogP contribution in [0.2, 0.25) is 0 Å². The van der Waals surface area contributed by atoms with Crippen molar-refractivity contribution in [3.8, 4) is 34.3 Å². The molecule has 0 saturated carbocycles. The number of aromatic hydroxyl groups is 2. The highest BCUT2D eigenvalue weighted by Gasteiger charge is 2.14. The van der Waals surface area contributed by atoms with E-state index in [0.717, 1.165) is 12.1 Å². The fraction of sp³-hybridized carbons (Fsp3) is 0. The summed E-state index contributed by atoms with van der Waals surface area (Å²) in [6, 6.07) is 9.69. The average molecular weight is 272 g/mol. The van der Waals surface area contributed by atoms with Crippen LogP contribution in [0, 0.1) is 5.82 Å². The summed E-state index contributed by atoms with van der Waals surface area (Å²) >= 11 is 0. The maximum Gasteiger partial charge on any atom is 0.262 e. The molecule has 0 radical (unpaired) electrons. The van der Waals surface area contributed by atoms with E-state index in [0.29, 0.717) is 5.56 Å². The zero-order valence-corrected chi connectivity index (χ0v) is 10.1. The highest BCUT2D eigenvalue weighted by molar-refractivity contribution is 5.65. The summed E-state index contributed by atoms with van der Waals surface area (Å²) in [5.74, 6) is -0.233. The van der Waals surface area contributed by atoms with Gasteiger partial charge in [0.2, 0.25) is 5.82 Å². The second kappa shape index (κ2) is 4.65. The minimum atomic E-state index is -0.512. The van der Waals surface area contributed by atoms with Crippen LogP contribution in [0.1, 0.15) is 0 Å². The van der Waals surface area contributed by atoms with Crippen LogP contribution in [-0.4, -0.2) is 20.4 Å². The van der Waals surface area contributed by atoms with Gasteiger partial charge in [-0.3, -0.25) is 0 Å². The topological polar surface area (TPSA) is 79.4 Å². The van der Waals surface area contributed by atoms with Gasteiger partial charge >= 0.3 is 0 Å². The monoisotopic (exact) mass is 272 g/mol. The molecule has 100 valence electrons. The van der Waals surface area contributed by atoms with Gasteiger partial charge in [-0.05, 0) is 42.5 Å². The number of phenolic OH excluding ortho intramolecular Hbond substituents is 2. The maximum absolute atomic E-state index is 13.2. The maximum atomic E-state index is 13.2. The van der Waals surface area contributed by atoms with Gasteiger partial charge in [0.05, 0.1) is 5.56 Å². The zero-order chi connectivity index (χ0) is 14.1. The van der Waals surface area contributed by atoms with Crippen molar-refractivity contribution in [1.29, 1.82) is 0 Å². The highest BCUT2D eigenvalue weighted by Crippen LogP contribution is 2.30. The van der Waals surface area contributed by atoms with E-state index in [1.54, 1.807) is 12.1 Å². The molecular formula is C14H9FN2O3. The van der Waals surface area contributed by atoms with Crippen LogP contribution in [0.4, 0.5) is 4.39 Å². The molecule has 1 heterocycles. The highest BCUT2D eigenvalue weighted by atomic mass is 19.1. The second-order valence-electron chi connectivity index (χ2n) is 4.13. The number of aromatic nitrogens is 2. The molecule has 2 aromatic carbocycles. The number of benzene rings is 2. The Kier molecular flexibility index (Phi) is 2.83. The Morgan fingerprint density at radius 1 is 1.00 bits per heavy atom. The van der Waals surface area contributed by atoms with E-state index in [1.165, 1.54) is 18.2 Å².